The summed E-state index contributed by atoms with van der Waals surface area (Å²) in [5.41, 5.74) is 2.00. The molecule has 0 spiro atoms. The Labute approximate surface area is 141 Å². The van der Waals surface area contributed by atoms with Crippen LogP contribution in [-0.2, 0) is 0 Å². The van der Waals surface area contributed by atoms with E-state index in [-0.39, 0.29) is 5.91 Å². The van der Waals surface area contributed by atoms with E-state index >= 15 is 0 Å². The summed E-state index contributed by atoms with van der Waals surface area (Å²) in [5.74, 6) is 1.03. The topological polar surface area (TPSA) is 79.9 Å². The Hall–Kier alpha value is -2.67. The van der Waals surface area contributed by atoms with Gasteiger partial charge in [-0.15, -0.1) is 0 Å². The Balaban J connectivity index is 1.85. The van der Waals surface area contributed by atoms with Gasteiger partial charge < -0.3 is 10.1 Å². The first-order chi connectivity index (χ1) is 11.2. The molecular weight excluding hydrogens is 360 g/mol. The number of halogens is 1. The summed E-state index contributed by atoms with van der Waals surface area (Å²) in [7, 11) is 1.56. The molecule has 3 aromatic rings. The average molecular weight is 373 g/mol. The van der Waals surface area contributed by atoms with Crippen molar-refractivity contribution in [3.63, 3.8) is 0 Å². The Morgan fingerprint density at radius 3 is 2.87 bits per heavy atom. The number of benzene rings is 2. The molecule has 0 aliphatic rings. The lowest BCUT2D eigenvalue weighted by Gasteiger charge is -2.09. The van der Waals surface area contributed by atoms with Crippen LogP contribution in [-0.4, -0.2) is 28.2 Å². The SMILES string of the molecule is COc1ccc(Br)c(C(=O)Nc2cccc(-c3ncn[nH]3)c2)c1. The number of nitrogens with one attached hydrogen (secondary N) is 2. The van der Waals surface area contributed by atoms with Gasteiger partial charge in [0.15, 0.2) is 5.82 Å². The molecule has 0 aliphatic heterocycles. The maximum Gasteiger partial charge on any atom is 0.256 e. The largest absolute Gasteiger partial charge is 0.497 e. The average Bonchev–Trinajstić information content (AvgIpc) is 3.10. The Bertz CT molecular complexity index is 834. The third-order valence-electron chi connectivity index (χ3n) is 3.23. The highest BCUT2D eigenvalue weighted by atomic mass is 79.9. The van der Waals surface area contributed by atoms with Crippen LogP contribution < -0.4 is 10.1 Å². The lowest BCUT2D eigenvalue weighted by atomic mass is 10.1. The standard InChI is InChI=1S/C16H13BrN4O2/c1-23-12-5-6-14(17)13(8-12)16(22)20-11-4-2-3-10(7-11)15-18-9-19-21-15/h2-9H,1H3,(H,20,22)(H,18,19,21). The number of aromatic amines is 1. The summed E-state index contributed by atoms with van der Waals surface area (Å²) < 4.78 is 5.85. The van der Waals surface area contributed by atoms with Crippen LogP contribution >= 0.6 is 15.9 Å². The number of amides is 1. The Morgan fingerprint density at radius 2 is 2.13 bits per heavy atom. The minimum Gasteiger partial charge on any atom is -0.497 e. The van der Waals surface area contributed by atoms with Crippen molar-refractivity contribution in [2.24, 2.45) is 0 Å². The van der Waals surface area contributed by atoms with Crippen molar-refractivity contribution in [1.29, 1.82) is 0 Å². The van der Waals surface area contributed by atoms with Crippen molar-refractivity contribution < 1.29 is 9.53 Å². The minimum absolute atomic E-state index is 0.231. The predicted molar refractivity (Wildman–Crippen MR) is 90.5 cm³/mol. The number of methoxy groups -OCH3 is 1. The van der Waals surface area contributed by atoms with E-state index in [1.54, 1.807) is 25.3 Å². The first kappa shape index (κ1) is 15.2. The quantitative estimate of drug-likeness (QED) is 0.734. The summed E-state index contributed by atoms with van der Waals surface area (Å²) in [6.07, 6.45) is 1.44. The predicted octanol–water partition coefficient (Wildman–Crippen LogP) is 3.50. The van der Waals surface area contributed by atoms with E-state index in [2.05, 4.69) is 36.4 Å². The van der Waals surface area contributed by atoms with Crippen molar-refractivity contribution in [2.45, 2.75) is 0 Å². The second-order valence-corrected chi connectivity index (χ2v) is 5.57. The molecule has 7 heteroatoms. The van der Waals surface area contributed by atoms with Crippen LogP contribution in [0.15, 0.2) is 53.3 Å². The Morgan fingerprint density at radius 1 is 1.26 bits per heavy atom. The first-order valence-corrected chi connectivity index (χ1v) is 7.57. The number of carbonyl (C=O) groups excluding carboxylic acids is 1. The van der Waals surface area contributed by atoms with Gasteiger partial charge in [0.05, 0.1) is 12.7 Å². The van der Waals surface area contributed by atoms with Gasteiger partial charge in [0.1, 0.15) is 12.1 Å². The van der Waals surface area contributed by atoms with Crippen molar-refractivity contribution in [3.8, 4) is 17.1 Å². The highest BCUT2D eigenvalue weighted by Crippen LogP contribution is 2.24. The van der Waals surface area contributed by atoms with Crippen LogP contribution in [0.25, 0.3) is 11.4 Å². The van der Waals surface area contributed by atoms with E-state index < -0.39 is 0 Å². The number of carbonyl (C=O) groups is 1. The zero-order valence-electron chi connectivity index (χ0n) is 12.2. The summed E-state index contributed by atoms with van der Waals surface area (Å²) in [4.78, 5) is 16.6. The van der Waals surface area contributed by atoms with Gasteiger partial charge in [-0.05, 0) is 46.3 Å². The third-order valence-corrected chi connectivity index (χ3v) is 3.92. The van der Waals surface area contributed by atoms with E-state index in [1.165, 1.54) is 6.33 Å². The third kappa shape index (κ3) is 3.40. The number of ether oxygens (including phenoxy) is 1. The number of hydrogen-bond acceptors (Lipinski definition) is 4. The molecule has 1 aromatic heterocycles. The summed E-state index contributed by atoms with van der Waals surface area (Å²) in [6, 6.07) is 12.6. The second-order valence-electron chi connectivity index (χ2n) is 4.71. The molecule has 0 unspecified atom stereocenters. The maximum atomic E-state index is 12.5. The van der Waals surface area contributed by atoms with E-state index in [0.29, 0.717) is 27.3 Å². The van der Waals surface area contributed by atoms with Crippen molar-refractivity contribution >= 4 is 27.5 Å². The molecule has 23 heavy (non-hydrogen) atoms. The minimum atomic E-state index is -0.231. The van der Waals surface area contributed by atoms with Gasteiger partial charge in [-0.25, -0.2) is 4.98 Å². The van der Waals surface area contributed by atoms with Crippen LogP contribution in [0.4, 0.5) is 5.69 Å². The molecular formula is C16H13BrN4O2. The van der Waals surface area contributed by atoms with Crippen LogP contribution in [0, 0.1) is 0 Å². The molecule has 116 valence electrons. The van der Waals surface area contributed by atoms with Crippen molar-refractivity contribution in [3.05, 3.63) is 58.8 Å². The second kappa shape index (κ2) is 6.62. The molecule has 1 amide bonds. The molecule has 0 fully saturated rings. The van der Waals surface area contributed by atoms with Crippen LogP contribution in [0.2, 0.25) is 0 Å². The van der Waals surface area contributed by atoms with E-state index in [0.717, 1.165) is 5.56 Å². The lowest BCUT2D eigenvalue weighted by Crippen LogP contribution is -2.12. The number of anilines is 1. The van der Waals surface area contributed by atoms with Crippen LogP contribution in [0.1, 0.15) is 10.4 Å². The van der Waals surface area contributed by atoms with Crippen molar-refractivity contribution in [2.75, 3.05) is 12.4 Å². The van der Waals surface area contributed by atoms with E-state index in [9.17, 15) is 4.79 Å². The molecule has 0 aliphatic carbocycles. The van der Waals surface area contributed by atoms with Gasteiger partial charge in [-0.2, -0.15) is 5.10 Å². The van der Waals surface area contributed by atoms with Crippen LogP contribution in [0.5, 0.6) is 5.75 Å². The molecule has 0 atom stereocenters. The fourth-order valence-electron chi connectivity index (χ4n) is 2.09. The molecule has 0 radical (unpaired) electrons. The summed E-state index contributed by atoms with van der Waals surface area (Å²) >= 11 is 3.38. The summed E-state index contributed by atoms with van der Waals surface area (Å²) in [6.45, 7) is 0. The first-order valence-electron chi connectivity index (χ1n) is 6.78. The highest BCUT2D eigenvalue weighted by molar-refractivity contribution is 9.10. The smallest absolute Gasteiger partial charge is 0.256 e. The normalized spacial score (nSPS) is 10.3. The summed E-state index contributed by atoms with van der Waals surface area (Å²) in [5, 5.41) is 9.48. The highest BCUT2D eigenvalue weighted by Gasteiger charge is 2.12. The van der Waals surface area contributed by atoms with Gasteiger partial charge >= 0.3 is 0 Å². The molecule has 0 saturated heterocycles. The van der Waals surface area contributed by atoms with Gasteiger partial charge in [-0.3, -0.25) is 9.89 Å². The van der Waals surface area contributed by atoms with Crippen molar-refractivity contribution in [1.82, 2.24) is 15.2 Å². The number of rotatable bonds is 4. The number of nitrogens with zero attached hydrogens (tertiary/aromatic N) is 2. The monoisotopic (exact) mass is 372 g/mol. The zero-order chi connectivity index (χ0) is 16.2. The number of aromatic nitrogens is 3. The van der Waals surface area contributed by atoms with Crippen LogP contribution in [0.3, 0.4) is 0 Å². The number of hydrogen-bond donors (Lipinski definition) is 2. The molecule has 2 N–H and O–H groups in total. The molecule has 3 rings (SSSR count). The fourth-order valence-corrected chi connectivity index (χ4v) is 2.52. The molecule has 0 saturated carbocycles. The van der Waals surface area contributed by atoms with E-state index in [4.69, 9.17) is 4.74 Å². The molecule has 6 nitrogen and oxygen atoms in total. The lowest BCUT2D eigenvalue weighted by molar-refractivity contribution is 0.102. The Kier molecular flexibility index (Phi) is 4.38. The van der Waals surface area contributed by atoms with Gasteiger partial charge in [0, 0.05) is 15.7 Å². The zero-order valence-corrected chi connectivity index (χ0v) is 13.8. The van der Waals surface area contributed by atoms with E-state index in [1.807, 2.05) is 24.3 Å². The number of H-pyrrole nitrogens is 1. The molecule has 1 heterocycles. The maximum absolute atomic E-state index is 12.5. The fraction of sp³-hybridized carbons (Fsp3) is 0.0625. The van der Waals surface area contributed by atoms with Gasteiger partial charge in [-0.1, -0.05) is 12.1 Å². The molecule has 2 aromatic carbocycles. The van der Waals surface area contributed by atoms with Gasteiger partial charge in [0.25, 0.3) is 5.91 Å². The van der Waals surface area contributed by atoms with Gasteiger partial charge in [0.2, 0.25) is 0 Å². The molecule has 0 bridgehead atoms.